The zero-order valence-electron chi connectivity index (χ0n) is 13.1. The molecular formula is C17H13N3O3S2. The number of Topliss-reactive ketones (excluding diaryl/α,β-unsaturated/α-hetero) is 1. The molecule has 1 aromatic carbocycles. The molecule has 0 atom stereocenters. The molecule has 2 heterocycles. The summed E-state index contributed by atoms with van der Waals surface area (Å²) < 4.78 is 0. The average molecular weight is 371 g/mol. The van der Waals surface area contributed by atoms with Gasteiger partial charge in [0.05, 0.1) is 4.88 Å². The average Bonchev–Trinajstić information content (AvgIpc) is 3.27. The molecule has 2 amide bonds. The molecule has 0 unspecified atom stereocenters. The SMILES string of the molecule is CC(=O)c1csc(NC(=O)c2ccc(NC(=O)c3cccs3)cc2)n1. The first-order chi connectivity index (χ1) is 12.0. The number of ketones is 1. The summed E-state index contributed by atoms with van der Waals surface area (Å²) in [4.78, 5) is 40.1. The van der Waals surface area contributed by atoms with Crippen LogP contribution in [0.2, 0.25) is 0 Å². The summed E-state index contributed by atoms with van der Waals surface area (Å²) in [6.45, 7) is 1.42. The van der Waals surface area contributed by atoms with Crippen LogP contribution in [-0.4, -0.2) is 22.6 Å². The lowest BCUT2D eigenvalue weighted by atomic mass is 10.2. The Hall–Kier alpha value is -2.84. The highest BCUT2D eigenvalue weighted by Gasteiger charge is 2.12. The van der Waals surface area contributed by atoms with Gasteiger partial charge in [0.2, 0.25) is 0 Å². The summed E-state index contributed by atoms with van der Waals surface area (Å²) in [6.07, 6.45) is 0. The van der Waals surface area contributed by atoms with Crippen LogP contribution in [0.25, 0.3) is 0 Å². The maximum absolute atomic E-state index is 12.2. The Morgan fingerprint density at radius 2 is 1.72 bits per heavy atom. The van der Waals surface area contributed by atoms with Gasteiger partial charge in [-0.2, -0.15) is 0 Å². The topological polar surface area (TPSA) is 88.2 Å². The van der Waals surface area contributed by atoms with Gasteiger partial charge in [0.15, 0.2) is 10.9 Å². The Morgan fingerprint density at radius 3 is 2.32 bits per heavy atom. The molecule has 0 spiro atoms. The molecule has 0 radical (unpaired) electrons. The van der Waals surface area contributed by atoms with E-state index in [9.17, 15) is 14.4 Å². The van der Waals surface area contributed by atoms with Crippen LogP contribution in [0, 0.1) is 0 Å². The van der Waals surface area contributed by atoms with Crippen molar-refractivity contribution in [2.45, 2.75) is 6.92 Å². The highest BCUT2D eigenvalue weighted by Crippen LogP contribution is 2.18. The highest BCUT2D eigenvalue weighted by molar-refractivity contribution is 7.14. The molecule has 0 fully saturated rings. The van der Waals surface area contributed by atoms with Crippen molar-refractivity contribution in [1.82, 2.24) is 4.98 Å². The fraction of sp³-hybridized carbons (Fsp3) is 0.0588. The van der Waals surface area contributed by atoms with E-state index in [4.69, 9.17) is 0 Å². The zero-order chi connectivity index (χ0) is 17.8. The summed E-state index contributed by atoms with van der Waals surface area (Å²) >= 11 is 2.55. The van der Waals surface area contributed by atoms with Crippen molar-refractivity contribution in [3.63, 3.8) is 0 Å². The van der Waals surface area contributed by atoms with Crippen LogP contribution >= 0.6 is 22.7 Å². The van der Waals surface area contributed by atoms with Crippen molar-refractivity contribution in [3.05, 3.63) is 63.3 Å². The number of benzene rings is 1. The molecule has 3 rings (SSSR count). The quantitative estimate of drug-likeness (QED) is 0.666. The van der Waals surface area contributed by atoms with Crippen molar-refractivity contribution in [2.75, 3.05) is 10.6 Å². The van der Waals surface area contributed by atoms with Gasteiger partial charge >= 0.3 is 0 Å². The molecule has 0 bridgehead atoms. The third-order valence-electron chi connectivity index (χ3n) is 3.24. The van der Waals surface area contributed by atoms with Gasteiger partial charge in [-0.05, 0) is 35.7 Å². The Bertz CT molecular complexity index is 915. The molecule has 0 aliphatic carbocycles. The summed E-state index contributed by atoms with van der Waals surface area (Å²) in [5, 5.41) is 9.21. The van der Waals surface area contributed by atoms with E-state index in [2.05, 4.69) is 15.6 Å². The molecule has 0 aliphatic rings. The van der Waals surface area contributed by atoms with Crippen LogP contribution in [-0.2, 0) is 0 Å². The number of carbonyl (C=O) groups excluding carboxylic acids is 3. The van der Waals surface area contributed by atoms with Crippen molar-refractivity contribution in [1.29, 1.82) is 0 Å². The molecular weight excluding hydrogens is 358 g/mol. The molecule has 0 aliphatic heterocycles. The molecule has 0 saturated carbocycles. The second-order valence-corrected chi connectivity index (χ2v) is 6.86. The van der Waals surface area contributed by atoms with Crippen molar-refractivity contribution in [3.8, 4) is 0 Å². The summed E-state index contributed by atoms with van der Waals surface area (Å²) in [5.74, 6) is -0.671. The second-order valence-electron chi connectivity index (χ2n) is 5.06. The summed E-state index contributed by atoms with van der Waals surface area (Å²) in [5.41, 5.74) is 1.35. The monoisotopic (exact) mass is 371 g/mol. The van der Waals surface area contributed by atoms with E-state index < -0.39 is 0 Å². The number of thiophene rings is 1. The molecule has 126 valence electrons. The number of nitrogens with zero attached hydrogens (tertiary/aromatic N) is 1. The lowest BCUT2D eigenvalue weighted by Gasteiger charge is -2.05. The van der Waals surface area contributed by atoms with E-state index in [0.29, 0.717) is 27.0 Å². The van der Waals surface area contributed by atoms with Crippen LogP contribution in [0.5, 0.6) is 0 Å². The van der Waals surface area contributed by atoms with Gasteiger partial charge in [-0.3, -0.25) is 19.7 Å². The number of amides is 2. The first-order valence-electron chi connectivity index (χ1n) is 7.25. The summed E-state index contributed by atoms with van der Waals surface area (Å²) in [7, 11) is 0. The molecule has 6 nitrogen and oxygen atoms in total. The van der Waals surface area contributed by atoms with Crippen molar-refractivity contribution in [2.24, 2.45) is 0 Å². The van der Waals surface area contributed by atoms with E-state index in [1.165, 1.54) is 29.6 Å². The van der Waals surface area contributed by atoms with E-state index in [1.807, 2.05) is 11.4 Å². The normalized spacial score (nSPS) is 10.3. The molecule has 0 saturated heterocycles. The standard InChI is InChI=1S/C17H13N3O3S2/c1-10(21)13-9-25-17(19-13)20-15(22)11-4-6-12(7-5-11)18-16(23)14-3-2-8-24-14/h2-9H,1H3,(H,18,23)(H,19,20,22). The molecule has 2 N–H and O–H groups in total. The second kappa shape index (κ2) is 7.37. The summed E-state index contributed by atoms with van der Waals surface area (Å²) in [6, 6.07) is 10.1. The largest absolute Gasteiger partial charge is 0.321 e. The first-order valence-corrected chi connectivity index (χ1v) is 9.01. The number of carbonyl (C=O) groups is 3. The van der Waals surface area contributed by atoms with Crippen LogP contribution in [0.3, 0.4) is 0 Å². The predicted octanol–water partition coefficient (Wildman–Crippen LogP) is 3.91. The van der Waals surface area contributed by atoms with Crippen LogP contribution in [0.4, 0.5) is 10.8 Å². The Kier molecular flexibility index (Phi) is 5.01. The van der Waals surface area contributed by atoms with Gasteiger partial charge in [-0.15, -0.1) is 22.7 Å². The molecule has 3 aromatic rings. The van der Waals surface area contributed by atoms with Gasteiger partial charge in [0, 0.05) is 23.6 Å². The third kappa shape index (κ3) is 4.17. The molecule has 2 aromatic heterocycles. The fourth-order valence-electron chi connectivity index (χ4n) is 1.97. The van der Waals surface area contributed by atoms with Crippen molar-refractivity contribution >= 4 is 51.1 Å². The Balaban J connectivity index is 1.64. The number of thiazole rings is 1. The number of nitrogens with one attached hydrogen (secondary N) is 2. The minimum absolute atomic E-state index is 0.150. The number of aromatic nitrogens is 1. The van der Waals surface area contributed by atoms with E-state index in [1.54, 1.807) is 35.7 Å². The molecule has 25 heavy (non-hydrogen) atoms. The first kappa shape index (κ1) is 17.0. The number of anilines is 2. The lowest BCUT2D eigenvalue weighted by molar-refractivity contribution is 0.100. The number of hydrogen-bond donors (Lipinski definition) is 2. The minimum Gasteiger partial charge on any atom is -0.321 e. The van der Waals surface area contributed by atoms with E-state index in [-0.39, 0.29) is 17.6 Å². The minimum atomic E-state index is -0.333. The fourth-order valence-corrected chi connectivity index (χ4v) is 3.33. The van der Waals surface area contributed by atoms with Crippen LogP contribution < -0.4 is 10.6 Å². The van der Waals surface area contributed by atoms with Crippen molar-refractivity contribution < 1.29 is 14.4 Å². The van der Waals surface area contributed by atoms with Gasteiger partial charge < -0.3 is 5.32 Å². The van der Waals surface area contributed by atoms with Crippen LogP contribution in [0.1, 0.15) is 37.4 Å². The maximum atomic E-state index is 12.2. The van der Waals surface area contributed by atoms with E-state index in [0.717, 1.165) is 0 Å². The smallest absolute Gasteiger partial charge is 0.265 e. The van der Waals surface area contributed by atoms with Gasteiger partial charge in [0.25, 0.3) is 11.8 Å². The predicted molar refractivity (Wildman–Crippen MR) is 98.8 cm³/mol. The molecule has 8 heteroatoms. The van der Waals surface area contributed by atoms with Crippen LogP contribution in [0.15, 0.2) is 47.2 Å². The zero-order valence-corrected chi connectivity index (χ0v) is 14.7. The Labute approximate surface area is 151 Å². The maximum Gasteiger partial charge on any atom is 0.265 e. The Morgan fingerprint density at radius 1 is 0.960 bits per heavy atom. The lowest BCUT2D eigenvalue weighted by Crippen LogP contribution is -2.13. The number of hydrogen-bond acceptors (Lipinski definition) is 6. The third-order valence-corrected chi connectivity index (χ3v) is 4.86. The van der Waals surface area contributed by atoms with E-state index >= 15 is 0 Å². The number of rotatable bonds is 5. The van der Waals surface area contributed by atoms with Gasteiger partial charge in [0.1, 0.15) is 5.69 Å². The highest BCUT2D eigenvalue weighted by atomic mass is 32.1. The van der Waals surface area contributed by atoms with Gasteiger partial charge in [-0.25, -0.2) is 4.98 Å². The van der Waals surface area contributed by atoms with Gasteiger partial charge in [-0.1, -0.05) is 6.07 Å².